The van der Waals surface area contributed by atoms with Crippen LogP contribution in [-0.2, 0) is 0 Å². The third kappa shape index (κ3) is 3.58. The molecule has 9 heteroatoms. The lowest BCUT2D eigenvalue weighted by Gasteiger charge is -2.18. The number of likely N-dealkylation sites (tertiary alicyclic amines) is 1. The van der Waals surface area contributed by atoms with Crippen LogP contribution in [-0.4, -0.2) is 57.2 Å². The summed E-state index contributed by atoms with van der Waals surface area (Å²) in [6, 6.07) is 7.05. The number of aryl methyl sites for hydroxylation is 2. The lowest BCUT2D eigenvalue weighted by atomic mass is 10.1. The molecule has 2 amide bonds. The number of nitrogens with one attached hydrogen (secondary N) is 1. The summed E-state index contributed by atoms with van der Waals surface area (Å²) >= 11 is 0. The van der Waals surface area contributed by atoms with Gasteiger partial charge in [0.15, 0.2) is 5.75 Å². The van der Waals surface area contributed by atoms with E-state index >= 15 is 0 Å². The molecule has 3 aromatic heterocycles. The highest BCUT2D eigenvalue weighted by Gasteiger charge is 2.35. The van der Waals surface area contributed by atoms with Crippen LogP contribution in [0.25, 0.3) is 16.5 Å². The molecule has 2 N–H and O–H groups in total. The molecule has 1 atom stereocenters. The third-order valence-electron chi connectivity index (χ3n) is 6.38. The van der Waals surface area contributed by atoms with E-state index < -0.39 is 5.60 Å². The number of ether oxygens (including phenoxy) is 1. The lowest BCUT2D eigenvalue weighted by Crippen LogP contribution is -2.34. The van der Waals surface area contributed by atoms with Gasteiger partial charge in [-0.15, -0.1) is 0 Å². The standard InChI is InChI=1S/C25H26N4O5/c1-14-18(24(31)28-10-8-25(3,32)13-28)12-29-22(14)19(7-9-27-29)34-16-5-6-17-20(11-16)33-15(2)21(17)23(30)26-4/h5-7,9,11-12,32H,8,10,13H2,1-4H3,(H,26,30)/t25-/m1/s1. The molecule has 4 aromatic rings. The molecule has 5 rings (SSSR count). The maximum atomic E-state index is 13.1. The normalized spacial score (nSPS) is 18.1. The molecule has 9 nitrogen and oxygen atoms in total. The topological polar surface area (TPSA) is 109 Å². The minimum Gasteiger partial charge on any atom is -0.460 e. The van der Waals surface area contributed by atoms with Crippen LogP contribution in [0.5, 0.6) is 11.5 Å². The first kappa shape index (κ1) is 22.0. The van der Waals surface area contributed by atoms with Crippen molar-refractivity contribution >= 4 is 28.3 Å². The number of rotatable bonds is 4. The molecule has 0 radical (unpaired) electrons. The first-order valence-electron chi connectivity index (χ1n) is 11.1. The van der Waals surface area contributed by atoms with Crippen molar-refractivity contribution in [2.45, 2.75) is 32.8 Å². The number of amides is 2. The molecule has 176 valence electrons. The highest BCUT2D eigenvalue weighted by atomic mass is 16.5. The fourth-order valence-corrected chi connectivity index (χ4v) is 4.61. The van der Waals surface area contributed by atoms with Crippen molar-refractivity contribution in [2.24, 2.45) is 0 Å². The Balaban J connectivity index is 1.49. The number of β-amino-alcohol motifs (C(OH)–C–C–N with tert-alkyl or cyclic N) is 1. The van der Waals surface area contributed by atoms with E-state index in [1.807, 2.05) is 6.92 Å². The van der Waals surface area contributed by atoms with Crippen LogP contribution in [0, 0.1) is 13.8 Å². The van der Waals surface area contributed by atoms with E-state index in [9.17, 15) is 14.7 Å². The summed E-state index contributed by atoms with van der Waals surface area (Å²) in [5.41, 5.74) is 2.13. The van der Waals surface area contributed by atoms with Crippen LogP contribution < -0.4 is 10.1 Å². The van der Waals surface area contributed by atoms with Crippen LogP contribution >= 0.6 is 0 Å². The molecule has 1 aliphatic heterocycles. The van der Waals surface area contributed by atoms with Crippen molar-refractivity contribution in [3.8, 4) is 11.5 Å². The Morgan fingerprint density at radius 2 is 2.06 bits per heavy atom. The minimum atomic E-state index is -0.865. The van der Waals surface area contributed by atoms with Gasteiger partial charge in [-0.05, 0) is 44.9 Å². The smallest absolute Gasteiger partial charge is 0.255 e. The first-order chi connectivity index (χ1) is 16.2. The fourth-order valence-electron chi connectivity index (χ4n) is 4.61. The first-order valence-corrected chi connectivity index (χ1v) is 11.1. The minimum absolute atomic E-state index is 0.138. The number of hydrogen-bond acceptors (Lipinski definition) is 6. The van der Waals surface area contributed by atoms with E-state index in [-0.39, 0.29) is 11.8 Å². The van der Waals surface area contributed by atoms with Gasteiger partial charge in [-0.25, -0.2) is 4.52 Å². The molecule has 1 saturated heterocycles. The predicted molar refractivity (Wildman–Crippen MR) is 125 cm³/mol. The molecule has 1 fully saturated rings. The Labute approximate surface area is 195 Å². The van der Waals surface area contributed by atoms with Gasteiger partial charge in [-0.2, -0.15) is 5.10 Å². The van der Waals surface area contributed by atoms with Crippen LogP contribution in [0.3, 0.4) is 0 Å². The summed E-state index contributed by atoms with van der Waals surface area (Å²) in [5, 5.41) is 17.9. The van der Waals surface area contributed by atoms with E-state index in [2.05, 4.69) is 10.4 Å². The third-order valence-corrected chi connectivity index (χ3v) is 6.38. The van der Waals surface area contributed by atoms with E-state index in [0.29, 0.717) is 64.4 Å². The van der Waals surface area contributed by atoms with Gasteiger partial charge in [0.1, 0.15) is 22.6 Å². The Hall–Kier alpha value is -3.85. The molecule has 1 aromatic carbocycles. The number of nitrogens with zero attached hydrogens (tertiary/aromatic N) is 3. The van der Waals surface area contributed by atoms with Crippen molar-refractivity contribution in [3.63, 3.8) is 0 Å². The van der Waals surface area contributed by atoms with Gasteiger partial charge in [-0.1, -0.05) is 0 Å². The number of aromatic nitrogens is 2. The average Bonchev–Trinajstić information content (AvgIpc) is 3.45. The van der Waals surface area contributed by atoms with Crippen molar-refractivity contribution in [1.82, 2.24) is 19.8 Å². The number of fused-ring (bicyclic) bond motifs is 2. The Morgan fingerprint density at radius 3 is 2.76 bits per heavy atom. The summed E-state index contributed by atoms with van der Waals surface area (Å²) in [7, 11) is 1.58. The Kier molecular flexibility index (Phi) is 5.09. The van der Waals surface area contributed by atoms with Crippen molar-refractivity contribution < 1.29 is 23.8 Å². The molecule has 0 unspecified atom stereocenters. The molecule has 34 heavy (non-hydrogen) atoms. The maximum absolute atomic E-state index is 13.1. The molecule has 0 saturated carbocycles. The Bertz CT molecular complexity index is 1450. The number of carbonyl (C=O) groups is 2. The average molecular weight is 463 g/mol. The number of carbonyl (C=O) groups excluding carboxylic acids is 2. The highest BCUT2D eigenvalue weighted by molar-refractivity contribution is 6.07. The van der Waals surface area contributed by atoms with Gasteiger partial charge in [0.25, 0.3) is 11.8 Å². The van der Waals surface area contributed by atoms with E-state index in [0.717, 1.165) is 5.56 Å². The number of hydrogen-bond donors (Lipinski definition) is 2. The second kappa shape index (κ2) is 7.88. The summed E-state index contributed by atoms with van der Waals surface area (Å²) in [6.45, 7) is 6.16. The second-order valence-corrected chi connectivity index (χ2v) is 9.00. The zero-order valence-corrected chi connectivity index (χ0v) is 19.5. The van der Waals surface area contributed by atoms with E-state index in [1.54, 1.807) is 67.0 Å². The van der Waals surface area contributed by atoms with Gasteiger partial charge >= 0.3 is 0 Å². The Morgan fingerprint density at radius 1 is 1.26 bits per heavy atom. The zero-order valence-electron chi connectivity index (χ0n) is 19.5. The maximum Gasteiger partial charge on any atom is 0.255 e. The number of aliphatic hydroxyl groups is 1. The summed E-state index contributed by atoms with van der Waals surface area (Å²) < 4.78 is 13.6. The molecule has 0 bridgehead atoms. The predicted octanol–water partition coefficient (Wildman–Crippen LogP) is 3.45. The fraction of sp³-hybridized carbons (Fsp3) is 0.320. The van der Waals surface area contributed by atoms with Gasteiger partial charge in [0.2, 0.25) is 0 Å². The van der Waals surface area contributed by atoms with Gasteiger partial charge < -0.3 is 24.5 Å². The molecule has 4 heterocycles. The van der Waals surface area contributed by atoms with Crippen molar-refractivity contribution in [2.75, 3.05) is 20.1 Å². The number of benzene rings is 1. The second-order valence-electron chi connectivity index (χ2n) is 9.00. The summed E-state index contributed by atoms with van der Waals surface area (Å²) in [5.74, 6) is 1.25. The number of furan rings is 1. The van der Waals surface area contributed by atoms with Gasteiger partial charge in [-0.3, -0.25) is 9.59 Å². The zero-order chi connectivity index (χ0) is 24.2. The van der Waals surface area contributed by atoms with Gasteiger partial charge in [0, 0.05) is 43.9 Å². The van der Waals surface area contributed by atoms with E-state index in [4.69, 9.17) is 9.15 Å². The molecular formula is C25H26N4O5. The summed E-state index contributed by atoms with van der Waals surface area (Å²) in [4.78, 5) is 27.0. The quantitative estimate of drug-likeness (QED) is 0.481. The monoisotopic (exact) mass is 462 g/mol. The van der Waals surface area contributed by atoms with Crippen LogP contribution in [0.1, 0.15) is 45.4 Å². The molecule has 0 aliphatic carbocycles. The van der Waals surface area contributed by atoms with Crippen LogP contribution in [0.2, 0.25) is 0 Å². The van der Waals surface area contributed by atoms with Crippen LogP contribution in [0.15, 0.2) is 41.1 Å². The largest absolute Gasteiger partial charge is 0.460 e. The van der Waals surface area contributed by atoms with E-state index in [1.165, 1.54) is 0 Å². The lowest BCUT2D eigenvalue weighted by molar-refractivity contribution is 0.0572. The van der Waals surface area contributed by atoms with Crippen LogP contribution in [0.4, 0.5) is 0 Å². The van der Waals surface area contributed by atoms with Crippen molar-refractivity contribution in [3.05, 3.63) is 59.1 Å². The molecule has 1 aliphatic rings. The van der Waals surface area contributed by atoms with Crippen molar-refractivity contribution in [1.29, 1.82) is 0 Å². The SMILES string of the molecule is CNC(=O)c1c(C)oc2cc(Oc3ccnn4cc(C(=O)N5CC[C@@](C)(O)C5)c(C)c34)ccc12. The molecular weight excluding hydrogens is 436 g/mol. The van der Waals surface area contributed by atoms with Gasteiger partial charge in [0.05, 0.1) is 22.9 Å². The molecule has 0 spiro atoms. The highest BCUT2D eigenvalue weighted by Crippen LogP contribution is 2.34. The summed E-state index contributed by atoms with van der Waals surface area (Å²) in [6.07, 6.45) is 3.85.